The fraction of sp³-hybridized carbons (Fsp3) is 0.533. The maximum Gasteiger partial charge on any atom is 0.255 e. The molecule has 0 bridgehead atoms. The van der Waals surface area contributed by atoms with E-state index in [0.29, 0.717) is 18.7 Å². The first-order valence-electron chi connectivity index (χ1n) is 6.54. The van der Waals surface area contributed by atoms with Gasteiger partial charge in [0.05, 0.1) is 16.8 Å². The molecule has 1 heterocycles. The van der Waals surface area contributed by atoms with Gasteiger partial charge in [0.2, 0.25) is 0 Å². The molecule has 5 heteroatoms. The van der Waals surface area contributed by atoms with Gasteiger partial charge in [-0.2, -0.15) is 0 Å². The van der Waals surface area contributed by atoms with Gasteiger partial charge in [-0.3, -0.25) is 4.79 Å². The summed E-state index contributed by atoms with van der Waals surface area (Å²) in [5.41, 5.74) is 0.0582. The molecule has 0 N–H and O–H groups in total. The van der Waals surface area contributed by atoms with Gasteiger partial charge in [0.25, 0.3) is 5.91 Å². The Balaban J connectivity index is 2.31. The molecule has 0 unspecified atom stereocenters. The molecule has 0 spiro atoms. The van der Waals surface area contributed by atoms with Crippen LogP contribution in [0.3, 0.4) is 0 Å². The summed E-state index contributed by atoms with van der Waals surface area (Å²) in [4.78, 5) is 14.7. The Morgan fingerprint density at radius 3 is 2.35 bits per heavy atom. The van der Waals surface area contributed by atoms with E-state index >= 15 is 0 Å². The zero-order chi connectivity index (χ0) is 15.1. The zero-order valence-electron chi connectivity index (χ0n) is 12.2. The molecule has 0 saturated carbocycles. The molecular weight excluding hydrogens is 433 g/mol. The van der Waals surface area contributed by atoms with E-state index < -0.39 is 0 Å². The minimum absolute atomic E-state index is 0.0554. The summed E-state index contributed by atoms with van der Waals surface area (Å²) in [5, 5.41) is 0. The van der Waals surface area contributed by atoms with Gasteiger partial charge in [0.1, 0.15) is 0 Å². The van der Waals surface area contributed by atoms with Crippen LogP contribution in [0.25, 0.3) is 0 Å². The average Bonchev–Trinajstić information content (AvgIpc) is 2.27. The summed E-state index contributed by atoms with van der Waals surface area (Å²) in [6.45, 7) is 9.31. The van der Waals surface area contributed by atoms with Crippen molar-refractivity contribution >= 4 is 44.4 Å². The fourth-order valence-corrected chi connectivity index (χ4v) is 3.67. The summed E-state index contributed by atoms with van der Waals surface area (Å²) < 4.78 is 7.92. The van der Waals surface area contributed by atoms with Crippen molar-refractivity contribution in [1.29, 1.82) is 0 Å². The molecule has 0 radical (unpaired) electrons. The van der Waals surface area contributed by atoms with E-state index in [-0.39, 0.29) is 17.1 Å². The first-order chi connectivity index (χ1) is 9.10. The van der Waals surface area contributed by atoms with Crippen molar-refractivity contribution in [3.05, 3.63) is 31.8 Å². The highest BCUT2D eigenvalue weighted by Crippen LogP contribution is 2.30. The molecule has 1 saturated heterocycles. The minimum atomic E-state index is -0.328. The van der Waals surface area contributed by atoms with Crippen molar-refractivity contribution in [2.24, 2.45) is 0 Å². The van der Waals surface area contributed by atoms with Gasteiger partial charge in [-0.1, -0.05) is 0 Å². The number of carbonyl (C=O) groups excluding carboxylic acids is 1. The number of rotatable bonds is 1. The second-order valence-corrected chi connectivity index (χ2v) is 8.51. The summed E-state index contributed by atoms with van der Waals surface area (Å²) in [5.74, 6) is 0.0554. The third-order valence-electron chi connectivity index (χ3n) is 3.14. The predicted octanol–water partition coefficient (Wildman–Crippen LogP) is 4.08. The number of carbonyl (C=O) groups is 1. The van der Waals surface area contributed by atoms with Crippen LogP contribution in [0.4, 0.5) is 0 Å². The largest absolute Gasteiger partial charge is 0.366 e. The van der Waals surface area contributed by atoms with Crippen LogP contribution >= 0.6 is 38.5 Å². The quantitative estimate of drug-likeness (QED) is 0.602. The van der Waals surface area contributed by atoms with E-state index in [9.17, 15) is 4.79 Å². The Kier molecular flexibility index (Phi) is 4.52. The van der Waals surface area contributed by atoms with E-state index in [1.165, 1.54) is 0 Å². The van der Waals surface area contributed by atoms with Crippen LogP contribution in [0.1, 0.15) is 38.1 Å². The number of benzene rings is 1. The van der Waals surface area contributed by atoms with Crippen molar-refractivity contribution in [1.82, 2.24) is 4.90 Å². The standard InChI is InChI=1S/C15H19BrINO2/c1-14(2)8-18(9-15(3,4)20-14)13(19)11-7-10(17)5-6-12(11)16/h5-7H,8-9H2,1-4H3. The van der Waals surface area contributed by atoms with Crippen LogP contribution in [0.15, 0.2) is 22.7 Å². The van der Waals surface area contributed by atoms with Crippen LogP contribution in [-0.2, 0) is 4.74 Å². The SMILES string of the molecule is CC1(C)CN(C(=O)c2cc(I)ccc2Br)CC(C)(C)O1. The van der Waals surface area contributed by atoms with Crippen LogP contribution in [0, 0.1) is 3.57 Å². The van der Waals surface area contributed by atoms with Gasteiger partial charge in [-0.25, -0.2) is 0 Å². The Morgan fingerprint density at radius 1 is 1.25 bits per heavy atom. The second kappa shape index (κ2) is 5.57. The minimum Gasteiger partial charge on any atom is -0.366 e. The van der Waals surface area contributed by atoms with Crippen molar-refractivity contribution in [2.75, 3.05) is 13.1 Å². The number of hydrogen-bond acceptors (Lipinski definition) is 2. The predicted molar refractivity (Wildman–Crippen MR) is 92.0 cm³/mol. The lowest BCUT2D eigenvalue weighted by atomic mass is 9.98. The summed E-state index contributed by atoms with van der Waals surface area (Å²) in [7, 11) is 0. The molecule has 110 valence electrons. The van der Waals surface area contributed by atoms with Crippen molar-refractivity contribution in [2.45, 2.75) is 38.9 Å². The van der Waals surface area contributed by atoms with Crippen LogP contribution in [0.5, 0.6) is 0 Å². The van der Waals surface area contributed by atoms with Crippen LogP contribution in [0.2, 0.25) is 0 Å². The Bertz CT molecular complexity index is 527. The van der Waals surface area contributed by atoms with Crippen LogP contribution < -0.4 is 0 Å². The molecule has 0 atom stereocenters. The molecule has 1 aliphatic rings. The zero-order valence-corrected chi connectivity index (χ0v) is 15.9. The van der Waals surface area contributed by atoms with E-state index in [4.69, 9.17) is 4.74 Å². The van der Waals surface area contributed by atoms with Gasteiger partial charge >= 0.3 is 0 Å². The van der Waals surface area contributed by atoms with Gasteiger partial charge in [0, 0.05) is 21.1 Å². The van der Waals surface area contributed by atoms with Crippen molar-refractivity contribution in [3.8, 4) is 0 Å². The average molecular weight is 452 g/mol. The normalized spacial score (nSPS) is 20.8. The van der Waals surface area contributed by atoms with Gasteiger partial charge in [0.15, 0.2) is 0 Å². The molecule has 1 aliphatic heterocycles. The number of amides is 1. The number of ether oxygens (including phenoxy) is 1. The highest BCUT2D eigenvalue weighted by molar-refractivity contribution is 14.1. The number of halogens is 2. The third-order valence-corrected chi connectivity index (χ3v) is 4.50. The number of nitrogens with zero attached hydrogens (tertiary/aromatic N) is 1. The summed E-state index contributed by atoms with van der Waals surface area (Å²) in [6.07, 6.45) is 0. The molecule has 0 aromatic heterocycles. The first-order valence-corrected chi connectivity index (χ1v) is 8.41. The van der Waals surface area contributed by atoms with E-state index in [0.717, 1.165) is 8.04 Å². The monoisotopic (exact) mass is 451 g/mol. The Hall–Kier alpha value is -0.140. The first kappa shape index (κ1) is 16.2. The van der Waals surface area contributed by atoms with Gasteiger partial charge < -0.3 is 9.64 Å². The molecule has 3 nitrogen and oxygen atoms in total. The van der Waals surface area contributed by atoms with E-state index in [1.807, 2.05) is 50.8 Å². The van der Waals surface area contributed by atoms with Gasteiger partial charge in [-0.15, -0.1) is 0 Å². The molecule has 2 rings (SSSR count). The lowest BCUT2D eigenvalue weighted by Crippen LogP contribution is -2.58. The molecule has 1 fully saturated rings. The lowest BCUT2D eigenvalue weighted by molar-refractivity contribution is -0.171. The Morgan fingerprint density at radius 2 is 1.80 bits per heavy atom. The number of hydrogen-bond donors (Lipinski definition) is 0. The molecule has 1 amide bonds. The maximum atomic E-state index is 12.8. The highest BCUT2D eigenvalue weighted by atomic mass is 127. The van der Waals surface area contributed by atoms with Crippen molar-refractivity contribution < 1.29 is 9.53 Å². The molecule has 0 aliphatic carbocycles. The summed E-state index contributed by atoms with van der Waals surface area (Å²) in [6, 6.07) is 5.82. The Labute approximate surface area is 142 Å². The van der Waals surface area contributed by atoms with E-state index in [1.54, 1.807) is 0 Å². The third kappa shape index (κ3) is 3.74. The fourth-order valence-electron chi connectivity index (χ4n) is 2.76. The topological polar surface area (TPSA) is 29.5 Å². The molecule has 1 aromatic rings. The van der Waals surface area contributed by atoms with E-state index in [2.05, 4.69) is 38.5 Å². The molecule has 1 aromatic carbocycles. The highest BCUT2D eigenvalue weighted by Gasteiger charge is 2.40. The smallest absolute Gasteiger partial charge is 0.255 e. The molecular formula is C15H19BrINO2. The second-order valence-electron chi connectivity index (χ2n) is 6.41. The van der Waals surface area contributed by atoms with Gasteiger partial charge in [-0.05, 0) is 84.4 Å². The van der Waals surface area contributed by atoms with Crippen LogP contribution in [-0.4, -0.2) is 35.1 Å². The maximum absolute atomic E-state index is 12.8. The molecule has 20 heavy (non-hydrogen) atoms. The lowest BCUT2D eigenvalue weighted by Gasteiger charge is -2.47. The number of morpholine rings is 1. The van der Waals surface area contributed by atoms with Crippen molar-refractivity contribution in [3.63, 3.8) is 0 Å². The summed E-state index contributed by atoms with van der Waals surface area (Å²) >= 11 is 5.70.